The minimum atomic E-state index is 0.424. The molecular formula is C16H23N3O. The molecule has 0 unspecified atom stereocenters. The van der Waals surface area contributed by atoms with Gasteiger partial charge in [-0.1, -0.05) is 26.2 Å². The second-order valence-electron chi connectivity index (χ2n) is 6.32. The molecule has 0 spiro atoms. The van der Waals surface area contributed by atoms with Crippen LogP contribution in [0.5, 0.6) is 0 Å². The lowest BCUT2D eigenvalue weighted by Crippen LogP contribution is -2.32. The highest BCUT2D eigenvalue weighted by atomic mass is 16.4. The summed E-state index contributed by atoms with van der Waals surface area (Å²) in [4.78, 5) is 6.68. The van der Waals surface area contributed by atoms with Crippen LogP contribution in [0.4, 0.5) is 5.88 Å². The molecule has 2 heterocycles. The van der Waals surface area contributed by atoms with Gasteiger partial charge in [0.05, 0.1) is 0 Å². The van der Waals surface area contributed by atoms with Crippen molar-refractivity contribution in [2.24, 2.45) is 5.92 Å². The van der Waals surface area contributed by atoms with Gasteiger partial charge in [-0.15, -0.1) is 0 Å². The minimum absolute atomic E-state index is 0.424. The third-order valence-corrected chi connectivity index (χ3v) is 4.76. The Labute approximate surface area is 120 Å². The van der Waals surface area contributed by atoms with Crippen molar-refractivity contribution in [3.8, 4) is 6.07 Å². The third kappa shape index (κ3) is 2.67. The fourth-order valence-corrected chi connectivity index (χ4v) is 3.35. The maximum absolute atomic E-state index is 9.31. The summed E-state index contributed by atoms with van der Waals surface area (Å²) in [6.45, 7) is 4.25. The summed E-state index contributed by atoms with van der Waals surface area (Å²) in [5.74, 6) is 2.72. The molecule has 3 rings (SSSR count). The fourth-order valence-electron chi connectivity index (χ4n) is 3.35. The van der Waals surface area contributed by atoms with Crippen molar-refractivity contribution in [3.05, 3.63) is 11.6 Å². The molecular weight excluding hydrogens is 250 g/mol. The standard InChI is InChI=1S/C16H23N3O/c1-12-7-9-19(10-8-12)16-14(11-17)18-15(20-16)13-5-3-2-4-6-13/h12-13H,2-10H2,1H3. The first-order valence-corrected chi connectivity index (χ1v) is 7.93. The van der Waals surface area contributed by atoms with Crippen LogP contribution in [0.25, 0.3) is 0 Å². The van der Waals surface area contributed by atoms with Gasteiger partial charge in [0.25, 0.3) is 0 Å². The lowest BCUT2D eigenvalue weighted by Gasteiger charge is -2.29. The predicted molar refractivity (Wildman–Crippen MR) is 77.7 cm³/mol. The van der Waals surface area contributed by atoms with Gasteiger partial charge < -0.3 is 9.32 Å². The van der Waals surface area contributed by atoms with Crippen molar-refractivity contribution >= 4 is 5.88 Å². The van der Waals surface area contributed by atoms with Crippen LogP contribution in [-0.2, 0) is 0 Å². The topological polar surface area (TPSA) is 53.1 Å². The molecule has 1 aliphatic carbocycles. The molecule has 1 aromatic heterocycles. The van der Waals surface area contributed by atoms with Crippen molar-refractivity contribution in [1.82, 2.24) is 4.98 Å². The van der Waals surface area contributed by atoms with Crippen LogP contribution in [-0.4, -0.2) is 18.1 Å². The average molecular weight is 273 g/mol. The van der Waals surface area contributed by atoms with Crippen molar-refractivity contribution in [2.45, 2.75) is 57.8 Å². The summed E-state index contributed by atoms with van der Waals surface area (Å²) in [5, 5.41) is 9.31. The second-order valence-corrected chi connectivity index (χ2v) is 6.32. The summed E-state index contributed by atoms with van der Waals surface area (Å²) < 4.78 is 6.01. The minimum Gasteiger partial charge on any atom is -0.423 e. The molecule has 2 aliphatic rings. The number of anilines is 1. The molecule has 108 valence electrons. The van der Waals surface area contributed by atoms with Crippen LogP contribution in [0, 0.1) is 17.2 Å². The van der Waals surface area contributed by atoms with Crippen LogP contribution in [0.1, 0.15) is 69.4 Å². The highest BCUT2D eigenvalue weighted by Crippen LogP contribution is 2.35. The van der Waals surface area contributed by atoms with Crippen molar-refractivity contribution in [3.63, 3.8) is 0 Å². The van der Waals surface area contributed by atoms with E-state index in [4.69, 9.17) is 4.42 Å². The van der Waals surface area contributed by atoms with Gasteiger partial charge in [0, 0.05) is 19.0 Å². The van der Waals surface area contributed by atoms with Crippen LogP contribution in [0.15, 0.2) is 4.42 Å². The van der Waals surface area contributed by atoms with Crippen LogP contribution >= 0.6 is 0 Å². The zero-order valence-corrected chi connectivity index (χ0v) is 12.3. The Morgan fingerprint density at radius 1 is 1.15 bits per heavy atom. The first-order chi connectivity index (χ1) is 9.78. The van der Waals surface area contributed by atoms with Gasteiger partial charge in [-0.25, -0.2) is 4.98 Å². The summed E-state index contributed by atoms with van der Waals surface area (Å²) in [6.07, 6.45) is 8.48. The largest absolute Gasteiger partial charge is 0.423 e. The highest BCUT2D eigenvalue weighted by molar-refractivity contribution is 5.48. The molecule has 4 nitrogen and oxygen atoms in total. The Morgan fingerprint density at radius 3 is 2.50 bits per heavy atom. The number of piperidine rings is 1. The van der Waals surface area contributed by atoms with Gasteiger partial charge >= 0.3 is 0 Å². The first kappa shape index (κ1) is 13.5. The Hall–Kier alpha value is -1.50. The molecule has 0 radical (unpaired) electrons. The molecule has 1 saturated heterocycles. The number of oxazole rings is 1. The van der Waals surface area contributed by atoms with E-state index in [2.05, 4.69) is 22.9 Å². The molecule has 2 fully saturated rings. The third-order valence-electron chi connectivity index (χ3n) is 4.76. The quantitative estimate of drug-likeness (QED) is 0.821. The van der Waals surface area contributed by atoms with Gasteiger partial charge in [-0.05, 0) is 31.6 Å². The second kappa shape index (κ2) is 5.87. The molecule has 0 aromatic carbocycles. The molecule has 1 saturated carbocycles. The fraction of sp³-hybridized carbons (Fsp3) is 0.750. The zero-order chi connectivity index (χ0) is 13.9. The predicted octanol–water partition coefficient (Wildman–Crippen LogP) is 3.83. The van der Waals surface area contributed by atoms with E-state index in [9.17, 15) is 5.26 Å². The Bertz CT molecular complexity index is 488. The summed E-state index contributed by atoms with van der Waals surface area (Å²) in [6, 6.07) is 2.22. The Morgan fingerprint density at radius 2 is 1.85 bits per heavy atom. The van der Waals surface area contributed by atoms with E-state index in [0.717, 1.165) is 43.6 Å². The highest BCUT2D eigenvalue weighted by Gasteiger charge is 2.27. The van der Waals surface area contributed by atoms with E-state index in [1.54, 1.807) is 0 Å². The monoisotopic (exact) mass is 273 g/mol. The Kier molecular flexibility index (Phi) is 3.95. The van der Waals surface area contributed by atoms with Gasteiger partial charge in [0.2, 0.25) is 17.5 Å². The van der Waals surface area contributed by atoms with E-state index in [1.165, 1.54) is 32.1 Å². The average Bonchev–Trinajstić information content (AvgIpc) is 2.93. The molecule has 0 atom stereocenters. The number of hydrogen-bond acceptors (Lipinski definition) is 4. The zero-order valence-electron chi connectivity index (χ0n) is 12.3. The van der Waals surface area contributed by atoms with E-state index < -0.39 is 0 Å². The van der Waals surface area contributed by atoms with Gasteiger partial charge in [0.1, 0.15) is 6.07 Å². The molecule has 0 bridgehead atoms. The van der Waals surface area contributed by atoms with E-state index >= 15 is 0 Å². The van der Waals surface area contributed by atoms with Gasteiger partial charge in [0.15, 0.2) is 0 Å². The smallest absolute Gasteiger partial charge is 0.234 e. The molecule has 0 amide bonds. The lowest BCUT2D eigenvalue weighted by molar-refractivity contribution is 0.355. The van der Waals surface area contributed by atoms with Crippen molar-refractivity contribution < 1.29 is 4.42 Å². The summed E-state index contributed by atoms with van der Waals surface area (Å²) in [7, 11) is 0. The number of nitrogens with zero attached hydrogens (tertiary/aromatic N) is 3. The SMILES string of the molecule is CC1CCN(c2oc(C3CCCCC3)nc2C#N)CC1. The van der Waals surface area contributed by atoms with Crippen molar-refractivity contribution in [1.29, 1.82) is 5.26 Å². The number of aromatic nitrogens is 1. The maximum Gasteiger partial charge on any atom is 0.234 e. The Balaban J connectivity index is 1.80. The molecule has 4 heteroatoms. The van der Waals surface area contributed by atoms with Gasteiger partial charge in [-0.3, -0.25) is 0 Å². The summed E-state index contributed by atoms with van der Waals surface area (Å²) >= 11 is 0. The van der Waals surface area contributed by atoms with Crippen LogP contribution in [0.2, 0.25) is 0 Å². The summed E-state index contributed by atoms with van der Waals surface area (Å²) in [5.41, 5.74) is 0.486. The molecule has 1 aromatic rings. The molecule has 0 N–H and O–H groups in total. The van der Waals surface area contributed by atoms with E-state index in [0.29, 0.717) is 11.6 Å². The number of nitriles is 1. The first-order valence-electron chi connectivity index (χ1n) is 7.93. The number of hydrogen-bond donors (Lipinski definition) is 0. The van der Waals surface area contributed by atoms with Crippen LogP contribution in [0.3, 0.4) is 0 Å². The van der Waals surface area contributed by atoms with Crippen LogP contribution < -0.4 is 4.90 Å². The molecule has 20 heavy (non-hydrogen) atoms. The van der Waals surface area contributed by atoms with E-state index in [1.807, 2.05) is 0 Å². The maximum atomic E-state index is 9.31. The normalized spacial score (nSPS) is 21.9. The van der Waals surface area contributed by atoms with Crippen molar-refractivity contribution in [2.75, 3.05) is 18.0 Å². The lowest BCUT2D eigenvalue weighted by atomic mass is 9.89. The van der Waals surface area contributed by atoms with Gasteiger partial charge in [-0.2, -0.15) is 5.26 Å². The molecule has 1 aliphatic heterocycles. The van der Waals surface area contributed by atoms with E-state index in [-0.39, 0.29) is 0 Å². The number of rotatable bonds is 2.